The Hall–Kier alpha value is -1.22. The zero-order chi connectivity index (χ0) is 9.38. The van der Waals surface area contributed by atoms with Gasteiger partial charge in [-0.05, 0) is 5.56 Å². The lowest BCUT2D eigenvalue weighted by Crippen LogP contribution is -2.06. The number of fused-ring (bicyclic) bond motifs is 1. The number of hydrogen-bond donors (Lipinski definition) is 0. The van der Waals surface area contributed by atoms with E-state index in [1.54, 1.807) is 0 Å². The monoisotopic (exact) mass is 202 g/mol. The molecule has 1 atom stereocenters. The molecule has 70 valence electrons. The lowest BCUT2D eigenvalue weighted by molar-refractivity contribution is 0.617. The van der Waals surface area contributed by atoms with Gasteiger partial charge in [0.05, 0.1) is 6.04 Å². The molecule has 0 bridgehead atoms. The Bertz CT molecular complexity index is 436. The van der Waals surface area contributed by atoms with E-state index in [0.29, 0.717) is 6.04 Å². The van der Waals surface area contributed by atoms with Crippen molar-refractivity contribution in [2.45, 2.75) is 11.2 Å². The molecule has 0 aliphatic carbocycles. The van der Waals surface area contributed by atoms with Crippen LogP contribution in [0, 0.1) is 0 Å². The summed E-state index contributed by atoms with van der Waals surface area (Å²) < 4.78 is 2.25. The van der Waals surface area contributed by atoms with Crippen LogP contribution in [-0.4, -0.2) is 15.3 Å². The van der Waals surface area contributed by atoms with Gasteiger partial charge in [-0.25, -0.2) is 4.98 Å². The lowest BCUT2D eigenvalue weighted by Gasteiger charge is -2.11. The van der Waals surface area contributed by atoms with Crippen LogP contribution in [0.3, 0.4) is 0 Å². The van der Waals surface area contributed by atoms with Gasteiger partial charge in [0.2, 0.25) is 0 Å². The molecular formula is C11H10N2S. The summed E-state index contributed by atoms with van der Waals surface area (Å²) in [6, 6.07) is 11.1. The van der Waals surface area contributed by atoms with E-state index >= 15 is 0 Å². The summed E-state index contributed by atoms with van der Waals surface area (Å²) in [5.74, 6) is 1.10. The molecule has 2 aromatic rings. The first-order valence-electron chi connectivity index (χ1n) is 4.66. The van der Waals surface area contributed by atoms with Gasteiger partial charge in [0, 0.05) is 18.1 Å². The zero-order valence-corrected chi connectivity index (χ0v) is 8.45. The van der Waals surface area contributed by atoms with E-state index in [1.165, 1.54) is 5.56 Å². The first-order valence-corrected chi connectivity index (χ1v) is 5.64. The molecule has 0 spiro atoms. The average molecular weight is 202 g/mol. The van der Waals surface area contributed by atoms with Gasteiger partial charge < -0.3 is 4.57 Å². The summed E-state index contributed by atoms with van der Waals surface area (Å²) in [6.45, 7) is 0. The average Bonchev–Trinajstić information content (AvgIpc) is 2.79. The van der Waals surface area contributed by atoms with E-state index in [0.717, 1.165) is 10.9 Å². The van der Waals surface area contributed by atoms with Crippen molar-refractivity contribution in [2.24, 2.45) is 0 Å². The van der Waals surface area contributed by atoms with E-state index < -0.39 is 0 Å². The summed E-state index contributed by atoms with van der Waals surface area (Å²) in [5.41, 5.74) is 1.37. The minimum absolute atomic E-state index is 0.471. The molecule has 0 amide bonds. The summed E-state index contributed by atoms with van der Waals surface area (Å²) in [4.78, 5) is 4.30. The highest BCUT2D eigenvalue weighted by molar-refractivity contribution is 7.99. The van der Waals surface area contributed by atoms with Crippen LogP contribution in [0.2, 0.25) is 0 Å². The Labute approximate surface area is 87.0 Å². The molecule has 2 heterocycles. The number of rotatable bonds is 1. The minimum Gasteiger partial charge on any atom is -0.318 e. The predicted octanol–water partition coefficient (Wildman–Crippen LogP) is 2.58. The number of hydrogen-bond acceptors (Lipinski definition) is 2. The molecule has 0 radical (unpaired) electrons. The van der Waals surface area contributed by atoms with Crippen molar-refractivity contribution in [3.63, 3.8) is 0 Å². The Morgan fingerprint density at radius 1 is 1.29 bits per heavy atom. The van der Waals surface area contributed by atoms with Crippen LogP contribution in [0.5, 0.6) is 0 Å². The van der Waals surface area contributed by atoms with Crippen molar-refractivity contribution in [3.05, 3.63) is 48.3 Å². The zero-order valence-electron chi connectivity index (χ0n) is 7.63. The molecule has 1 aliphatic heterocycles. The second-order valence-electron chi connectivity index (χ2n) is 3.35. The van der Waals surface area contributed by atoms with Crippen molar-refractivity contribution in [1.29, 1.82) is 0 Å². The molecule has 0 N–H and O–H groups in total. The maximum absolute atomic E-state index is 4.30. The van der Waals surface area contributed by atoms with Crippen LogP contribution in [0.4, 0.5) is 0 Å². The van der Waals surface area contributed by atoms with E-state index in [4.69, 9.17) is 0 Å². The third kappa shape index (κ3) is 1.16. The van der Waals surface area contributed by atoms with E-state index in [1.807, 2.05) is 18.0 Å². The normalized spacial score (nSPS) is 19.6. The van der Waals surface area contributed by atoms with Gasteiger partial charge in [0.15, 0.2) is 5.16 Å². The molecule has 2 nitrogen and oxygen atoms in total. The van der Waals surface area contributed by atoms with Crippen molar-refractivity contribution in [1.82, 2.24) is 9.55 Å². The Morgan fingerprint density at radius 3 is 3.00 bits per heavy atom. The molecule has 0 saturated heterocycles. The fourth-order valence-electron chi connectivity index (χ4n) is 1.81. The van der Waals surface area contributed by atoms with E-state index in [9.17, 15) is 0 Å². The van der Waals surface area contributed by atoms with Crippen LogP contribution in [0.15, 0.2) is 47.9 Å². The summed E-state index contributed by atoms with van der Waals surface area (Å²) in [6.07, 6.45) is 3.93. The van der Waals surface area contributed by atoms with Crippen LogP contribution in [-0.2, 0) is 0 Å². The molecule has 1 aromatic heterocycles. The van der Waals surface area contributed by atoms with Gasteiger partial charge >= 0.3 is 0 Å². The topological polar surface area (TPSA) is 17.8 Å². The summed E-state index contributed by atoms with van der Waals surface area (Å²) in [5, 5.41) is 1.14. The van der Waals surface area contributed by atoms with Crippen molar-refractivity contribution >= 4 is 11.8 Å². The summed E-state index contributed by atoms with van der Waals surface area (Å²) >= 11 is 1.83. The van der Waals surface area contributed by atoms with Crippen LogP contribution in [0.25, 0.3) is 0 Å². The number of thioether (sulfide) groups is 1. The van der Waals surface area contributed by atoms with Gasteiger partial charge in [-0.3, -0.25) is 0 Å². The fraction of sp³-hybridized carbons (Fsp3) is 0.182. The van der Waals surface area contributed by atoms with Crippen LogP contribution >= 0.6 is 11.8 Å². The third-order valence-electron chi connectivity index (χ3n) is 2.52. The maximum Gasteiger partial charge on any atom is 0.168 e. The molecule has 3 rings (SSSR count). The fourth-order valence-corrected chi connectivity index (χ4v) is 2.95. The molecule has 1 aromatic carbocycles. The third-order valence-corrected chi connectivity index (χ3v) is 3.58. The first-order chi connectivity index (χ1) is 6.95. The van der Waals surface area contributed by atoms with Crippen molar-refractivity contribution < 1.29 is 0 Å². The van der Waals surface area contributed by atoms with Crippen molar-refractivity contribution in [3.8, 4) is 0 Å². The Balaban J connectivity index is 2.03. The Morgan fingerprint density at radius 2 is 2.14 bits per heavy atom. The lowest BCUT2D eigenvalue weighted by atomic mass is 10.1. The van der Waals surface area contributed by atoms with E-state index in [2.05, 4.69) is 46.1 Å². The van der Waals surface area contributed by atoms with Gasteiger partial charge in [0.1, 0.15) is 0 Å². The summed E-state index contributed by atoms with van der Waals surface area (Å²) in [7, 11) is 0. The van der Waals surface area contributed by atoms with Gasteiger partial charge in [-0.1, -0.05) is 42.1 Å². The molecule has 1 unspecified atom stereocenters. The Kier molecular flexibility index (Phi) is 1.84. The SMILES string of the molecule is c1ccc(C2CSc3nccn32)cc1. The van der Waals surface area contributed by atoms with Crippen molar-refractivity contribution in [2.75, 3.05) is 5.75 Å². The molecule has 3 heteroatoms. The number of nitrogens with zero attached hydrogens (tertiary/aromatic N) is 2. The molecule has 14 heavy (non-hydrogen) atoms. The second kappa shape index (κ2) is 3.17. The highest BCUT2D eigenvalue weighted by Crippen LogP contribution is 2.35. The predicted molar refractivity (Wildman–Crippen MR) is 57.5 cm³/mol. The molecular weight excluding hydrogens is 192 g/mol. The second-order valence-corrected chi connectivity index (χ2v) is 4.34. The highest BCUT2D eigenvalue weighted by Gasteiger charge is 2.23. The molecule has 1 aliphatic rings. The molecule has 0 saturated carbocycles. The van der Waals surface area contributed by atoms with Gasteiger partial charge in [-0.2, -0.15) is 0 Å². The number of imidazole rings is 1. The molecule has 0 fully saturated rings. The van der Waals surface area contributed by atoms with E-state index in [-0.39, 0.29) is 0 Å². The largest absolute Gasteiger partial charge is 0.318 e. The number of benzene rings is 1. The van der Waals surface area contributed by atoms with Crippen LogP contribution in [0.1, 0.15) is 11.6 Å². The van der Waals surface area contributed by atoms with Gasteiger partial charge in [0.25, 0.3) is 0 Å². The number of aromatic nitrogens is 2. The van der Waals surface area contributed by atoms with Gasteiger partial charge in [-0.15, -0.1) is 0 Å². The quantitative estimate of drug-likeness (QED) is 0.707. The van der Waals surface area contributed by atoms with Crippen LogP contribution < -0.4 is 0 Å². The highest BCUT2D eigenvalue weighted by atomic mass is 32.2. The maximum atomic E-state index is 4.30. The standard InChI is InChI=1S/C11H10N2S/c1-2-4-9(5-3-1)10-8-14-11-12-6-7-13(10)11/h1-7,10H,8H2. The first kappa shape index (κ1) is 8.12. The smallest absolute Gasteiger partial charge is 0.168 e. The minimum atomic E-state index is 0.471.